The number of hydrogen-bond donors (Lipinski definition) is 2. The van der Waals surface area contributed by atoms with Gasteiger partial charge in [0.1, 0.15) is 11.9 Å². The lowest BCUT2D eigenvalue weighted by Gasteiger charge is -2.25. The largest absolute Gasteiger partial charge is 0.356 e. The number of nitrogens with zero attached hydrogens (tertiary/aromatic N) is 3. The molecule has 2 heterocycles. The standard InChI is InChI=1S/C26H29N5O3S/c1-3-4-14-27-22(32)13-12-21-25(34)31-24(29-21)19-10-5-6-11-20(19)30-26(31)35-16-23(33)28-18-9-7-8-17(2)15-18/h5-11,15,21H,3-4,12-14,16H2,1-2H3,(H,27,32)(H,28,33). The van der Waals surface area contributed by atoms with Crippen LogP contribution in [-0.4, -0.2) is 52.0 Å². The smallest absolute Gasteiger partial charge is 0.259 e. The number of fused-ring (bicyclic) bond motifs is 3. The van der Waals surface area contributed by atoms with Gasteiger partial charge < -0.3 is 10.6 Å². The Balaban J connectivity index is 1.45. The lowest BCUT2D eigenvalue weighted by Crippen LogP contribution is -2.41. The summed E-state index contributed by atoms with van der Waals surface area (Å²) >= 11 is 1.20. The summed E-state index contributed by atoms with van der Waals surface area (Å²) in [4.78, 5) is 48.8. The summed E-state index contributed by atoms with van der Waals surface area (Å²) in [6.07, 6.45) is 2.48. The minimum absolute atomic E-state index is 0.0761. The molecule has 8 nitrogen and oxygen atoms in total. The number of amidine groups is 2. The maximum Gasteiger partial charge on any atom is 0.259 e. The molecule has 2 aliphatic rings. The molecule has 0 saturated carbocycles. The molecule has 2 aromatic rings. The van der Waals surface area contributed by atoms with Gasteiger partial charge in [-0.05, 0) is 49.6 Å². The van der Waals surface area contributed by atoms with E-state index in [1.54, 1.807) is 0 Å². The topological polar surface area (TPSA) is 103 Å². The second-order valence-electron chi connectivity index (χ2n) is 8.50. The number of amides is 3. The highest BCUT2D eigenvalue weighted by atomic mass is 32.2. The Labute approximate surface area is 209 Å². The fourth-order valence-corrected chi connectivity index (χ4v) is 4.70. The number of para-hydroxylation sites is 1. The summed E-state index contributed by atoms with van der Waals surface area (Å²) in [6, 6.07) is 14.4. The molecule has 4 rings (SSSR count). The average Bonchev–Trinajstić information content (AvgIpc) is 3.18. The molecule has 2 aromatic carbocycles. The molecule has 182 valence electrons. The van der Waals surface area contributed by atoms with Gasteiger partial charge in [-0.3, -0.25) is 19.4 Å². The fourth-order valence-electron chi connectivity index (χ4n) is 3.90. The zero-order valence-electron chi connectivity index (χ0n) is 19.9. The van der Waals surface area contributed by atoms with Gasteiger partial charge in [0.2, 0.25) is 11.8 Å². The maximum atomic E-state index is 13.3. The minimum Gasteiger partial charge on any atom is -0.356 e. The van der Waals surface area contributed by atoms with E-state index < -0.39 is 6.04 Å². The van der Waals surface area contributed by atoms with Crippen molar-refractivity contribution in [3.8, 4) is 0 Å². The van der Waals surface area contributed by atoms with Crippen LogP contribution < -0.4 is 10.6 Å². The van der Waals surface area contributed by atoms with Gasteiger partial charge in [-0.2, -0.15) is 0 Å². The minimum atomic E-state index is -0.653. The van der Waals surface area contributed by atoms with E-state index in [-0.39, 0.29) is 29.9 Å². The van der Waals surface area contributed by atoms with Crippen molar-refractivity contribution >= 4 is 51.9 Å². The first kappa shape index (κ1) is 24.7. The number of thioether (sulfide) groups is 1. The van der Waals surface area contributed by atoms with E-state index in [0.717, 1.165) is 29.7 Å². The van der Waals surface area contributed by atoms with Gasteiger partial charge in [0.05, 0.1) is 11.4 Å². The summed E-state index contributed by atoms with van der Waals surface area (Å²) in [5.74, 6) is 0.136. The van der Waals surface area contributed by atoms with Crippen LogP contribution in [0.4, 0.5) is 11.4 Å². The second kappa shape index (κ2) is 11.3. The molecule has 35 heavy (non-hydrogen) atoms. The Hall–Kier alpha value is -3.46. The Morgan fingerprint density at radius 2 is 1.94 bits per heavy atom. The van der Waals surface area contributed by atoms with Gasteiger partial charge in [0, 0.05) is 24.2 Å². The first-order chi connectivity index (χ1) is 17.0. The molecule has 0 fully saturated rings. The fraction of sp³-hybridized carbons (Fsp3) is 0.346. The molecule has 9 heteroatoms. The van der Waals surface area contributed by atoms with Crippen molar-refractivity contribution in [1.82, 2.24) is 10.2 Å². The van der Waals surface area contributed by atoms with Crippen LogP contribution in [0.1, 0.15) is 43.7 Å². The van der Waals surface area contributed by atoms with E-state index >= 15 is 0 Å². The van der Waals surface area contributed by atoms with E-state index in [2.05, 4.69) is 27.5 Å². The Morgan fingerprint density at radius 1 is 1.11 bits per heavy atom. The molecule has 1 unspecified atom stereocenters. The predicted octanol–water partition coefficient (Wildman–Crippen LogP) is 4.02. The average molecular weight is 492 g/mol. The van der Waals surface area contributed by atoms with E-state index in [1.807, 2.05) is 55.5 Å². The van der Waals surface area contributed by atoms with Crippen molar-refractivity contribution in [3.63, 3.8) is 0 Å². The molecule has 0 saturated heterocycles. The van der Waals surface area contributed by atoms with Gasteiger partial charge in [-0.25, -0.2) is 9.89 Å². The number of nitrogens with one attached hydrogen (secondary N) is 2. The lowest BCUT2D eigenvalue weighted by atomic mass is 10.1. The van der Waals surface area contributed by atoms with Crippen LogP contribution in [0.2, 0.25) is 0 Å². The van der Waals surface area contributed by atoms with E-state index in [1.165, 1.54) is 16.7 Å². The van der Waals surface area contributed by atoms with Crippen molar-refractivity contribution in [1.29, 1.82) is 0 Å². The monoisotopic (exact) mass is 491 g/mol. The number of aliphatic imine (C=N–C) groups is 2. The van der Waals surface area contributed by atoms with Crippen LogP contribution in [0.15, 0.2) is 58.5 Å². The third-order valence-electron chi connectivity index (χ3n) is 5.68. The second-order valence-corrected chi connectivity index (χ2v) is 9.44. The van der Waals surface area contributed by atoms with Gasteiger partial charge in [0.15, 0.2) is 5.17 Å². The quantitative estimate of drug-likeness (QED) is 0.517. The maximum absolute atomic E-state index is 13.3. The number of anilines is 1. The molecule has 0 bridgehead atoms. The number of benzene rings is 2. The number of carbonyl (C=O) groups is 3. The molecule has 0 aliphatic carbocycles. The Morgan fingerprint density at radius 3 is 2.74 bits per heavy atom. The molecule has 2 N–H and O–H groups in total. The summed E-state index contributed by atoms with van der Waals surface area (Å²) < 4.78 is 0. The highest BCUT2D eigenvalue weighted by molar-refractivity contribution is 8.14. The van der Waals surface area contributed by atoms with Crippen LogP contribution in [0.3, 0.4) is 0 Å². The normalized spacial score (nSPS) is 16.2. The Kier molecular flexibility index (Phi) is 7.97. The predicted molar refractivity (Wildman–Crippen MR) is 140 cm³/mol. The van der Waals surface area contributed by atoms with Crippen LogP contribution in [0, 0.1) is 6.92 Å². The van der Waals surface area contributed by atoms with Gasteiger partial charge in [0.25, 0.3) is 5.91 Å². The first-order valence-corrected chi connectivity index (χ1v) is 12.8. The lowest BCUT2D eigenvalue weighted by molar-refractivity contribution is -0.125. The molecule has 1 atom stereocenters. The number of aryl methyl sites for hydroxylation is 1. The number of hydrogen-bond acceptors (Lipinski definition) is 6. The van der Waals surface area contributed by atoms with Crippen LogP contribution >= 0.6 is 11.8 Å². The number of rotatable bonds is 9. The number of unbranched alkanes of at least 4 members (excludes halogenated alkanes) is 1. The van der Waals surface area contributed by atoms with E-state index in [9.17, 15) is 14.4 Å². The van der Waals surface area contributed by atoms with Crippen LogP contribution in [-0.2, 0) is 14.4 Å². The molecule has 0 spiro atoms. The van der Waals surface area contributed by atoms with Crippen molar-refractivity contribution in [2.45, 2.75) is 45.6 Å². The zero-order chi connectivity index (χ0) is 24.8. The van der Waals surface area contributed by atoms with Gasteiger partial charge in [-0.1, -0.05) is 49.4 Å². The van der Waals surface area contributed by atoms with E-state index in [0.29, 0.717) is 29.7 Å². The SMILES string of the molecule is CCCCNC(=O)CCC1N=C2c3ccccc3N=C(SCC(=O)Nc3cccc(C)c3)N2C1=O. The van der Waals surface area contributed by atoms with Gasteiger partial charge >= 0.3 is 0 Å². The molecular weight excluding hydrogens is 462 g/mol. The van der Waals surface area contributed by atoms with Crippen molar-refractivity contribution in [2.24, 2.45) is 9.98 Å². The van der Waals surface area contributed by atoms with Crippen molar-refractivity contribution < 1.29 is 14.4 Å². The van der Waals surface area contributed by atoms with Crippen LogP contribution in [0.5, 0.6) is 0 Å². The van der Waals surface area contributed by atoms with Crippen molar-refractivity contribution in [3.05, 3.63) is 59.7 Å². The highest BCUT2D eigenvalue weighted by Crippen LogP contribution is 2.34. The Bertz CT molecular complexity index is 1190. The molecule has 2 aliphatic heterocycles. The molecule has 0 aromatic heterocycles. The summed E-state index contributed by atoms with van der Waals surface area (Å²) in [7, 11) is 0. The third kappa shape index (κ3) is 5.97. The van der Waals surface area contributed by atoms with Crippen LogP contribution in [0.25, 0.3) is 0 Å². The van der Waals surface area contributed by atoms with Gasteiger partial charge in [-0.15, -0.1) is 0 Å². The molecule has 3 amide bonds. The molecular formula is C26H29N5O3S. The summed E-state index contributed by atoms with van der Waals surface area (Å²) in [5.41, 5.74) is 3.25. The number of carbonyl (C=O) groups excluding carboxylic acids is 3. The zero-order valence-corrected chi connectivity index (χ0v) is 20.7. The summed E-state index contributed by atoms with van der Waals surface area (Å²) in [6.45, 7) is 4.67. The van der Waals surface area contributed by atoms with Crippen molar-refractivity contribution in [2.75, 3.05) is 17.6 Å². The highest BCUT2D eigenvalue weighted by Gasteiger charge is 2.41. The van der Waals surface area contributed by atoms with E-state index in [4.69, 9.17) is 0 Å². The molecule has 0 radical (unpaired) electrons. The summed E-state index contributed by atoms with van der Waals surface area (Å²) in [5, 5.41) is 6.18. The third-order valence-corrected chi connectivity index (χ3v) is 6.62. The first-order valence-electron chi connectivity index (χ1n) is 11.8.